The second-order valence-electron chi connectivity index (χ2n) is 7.08. The number of rotatable bonds is 8. The van der Waals surface area contributed by atoms with Crippen LogP contribution in [-0.4, -0.2) is 23.8 Å². The third kappa shape index (κ3) is 6.01. The van der Waals surface area contributed by atoms with E-state index in [-0.39, 0.29) is 29.7 Å². The highest BCUT2D eigenvalue weighted by Crippen LogP contribution is 2.22. The van der Waals surface area contributed by atoms with Gasteiger partial charge in [-0.05, 0) is 61.0 Å². The zero-order valence-electron chi connectivity index (χ0n) is 17.6. The minimum absolute atomic E-state index is 0.139. The van der Waals surface area contributed by atoms with Crippen LogP contribution in [0.5, 0.6) is 5.75 Å². The first kappa shape index (κ1) is 22.7. The Morgan fingerprint density at radius 3 is 2.25 bits per heavy atom. The van der Waals surface area contributed by atoms with Crippen molar-refractivity contribution >= 4 is 23.3 Å². The Bertz CT molecular complexity index is 1110. The molecule has 0 heterocycles. The Morgan fingerprint density at radius 2 is 1.59 bits per heavy atom. The monoisotopic (exact) mass is 435 g/mol. The Hall–Kier alpha value is -4.00. The Balaban J connectivity index is 1.65. The van der Waals surface area contributed by atoms with Gasteiger partial charge >= 0.3 is 5.97 Å². The number of hydrogen-bond acceptors (Lipinski definition) is 5. The number of esters is 1. The molecule has 0 aliphatic heterocycles. The van der Waals surface area contributed by atoms with Gasteiger partial charge in [0.2, 0.25) is 11.7 Å². The summed E-state index contributed by atoms with van der Waals surface area (Å²) in [4.78, 5) is 36.4. The molecule has 3 aromatic rings. The highest BCUT2D eigenvalue weighted by molar-refractivity contribution is 6.02. The summed E-state index contributed by atoms with van der Waals surface area (Å²) in [5, 5.41) is 2.62. The summed E-state index contributed by atoms with van der Waals surface area (Å²) in [6.45, 7) is 3.02. The summed E-state index contributed by atoms with van der Waals surface area (Å²) in [6, 6.07) is 18.7. The van der Waals surface area contributed by atoms with Crippen LogP contribution in [-0.2, 0) is 16.1 Å². The molecule has 0 saturated carbocycles. The van der Waals surface area contributed by atoms with E-state index in [0.717, 1.165) is 5.56 Å². The number of amides is 1. The maximum atomic E-state index is 13.1. The second kappa shape index (κ2) is 10.3. The van der Waals surface area contributed by atoms with Crippen molar-refractivity contribution < 1.29 is 28.2 Å². The lowest BCUT2D eigenvalue weighted by molar-refractivity contribution is -0.114. The van der Waals surface area contributed by atoms with Gasteiger partial charge in [-0.2, -0.15) is 0 Å². The van der Waals surface area contributed by atoms with Crippen molar-refractivity contribution in [3.05, 3.63) is 95.3 Å². The van der Waals surface area contributed by atoms with Gasteiger partial charge in [-0.15, -0.1) is 0 Å². The Labute approximate surface area is 185 Å². The molecule has 0 aliphatic rings. The van der Waals surface area contributed by atoms with Crippen molar-refractivity contribution in [1.29, 1.82) is 0 Å². The van der Waals surface area contributed by atoms with E-state index < -0.39 is 12.1 Å². The van der Waals surface area contributed by atoms with E-state index in [1.54, 1.807) is 60.7 Å². The maximum Gasteiger partial charge on any atom is 0.342 e. The molecular formula is C25H22FNO5. The van der Waals surface area contributed by atoms with E-state index in [1.807, 2.05) is 0 Å². The van der Waals surface area contributed by atoms with Gasteiger partial charge in [0.1, 0.15) is 23.7 Å². The molecule has 0 saturated heterocycles. The van der Waals surface area contributed by atoms with Crippen molar-refractivity contribution in [1.82, 2.24) is 0 Å². The van der Waals surface area contributed by atoms with Crippen LogP contribution in [0.25, 0.3) is 0 Å². The van der Waals surface area contributed by atoms with E-state index in [2.05, 4.69) is 5.32 Å². The smallest absolute Gasteiger partial charge is 0.342 e. The molecular weight excluding hydrogens is 413 g/mol. The van der Waals surface area contributed by atoms with Gasteiger partial charge in [-0.3, -0.25) is 9.59 Å². The number of Topliss-reactive ketones (excluding diaryl/α,β-unsaturated/α-hetero) is 1. The molecule has 0 bridgehead atoms. The molecule has 164 valence electrons. The van der Waals surface area contributed by atoms with Crippen molar-refractivity contribution in [2.24, 2.45) is 0 Å². The first-order valence-corrected chi connectivity index (χ1v) is 9.92. The van der Waals surface area contributed by atoms with Crippen LogP contribution >= 0.6 is 0 Å². The van der Waals surface area contributed by atoms with Crippen LogP contribution in [0.1, 0.15) is 40.1 Å². The first-order chi connectivity index (χ1) is 15.3. The molecule has 0 radical (unpaired) electrons. The molecule has 1 N–H and O–H groups in total. The van der Waals surface area contributed by atoms with Crippen molar-refractivity contribution in [2.45, 2.75) is 26.6 Å². The molecule has 0 aromatic heterocycles. The van der Waals surface area contributed by atoms with E-state index in [1.165, 1.54) is 26.0 Å². The molecule has 7 heteroatoms. The Morgan fingerprint density at radius 1 is 0.938 bits per heavy atom. The van der Waals surface area contributed by atoms with Gasteiger partial charge in [-0.1, -0.05) is 24.3 Å². The molecule has 3 aromatic carbocycles. The zero-order valence-corrected chi connectivity index (χ0v) is 17.6. The molecule has 32 heavy (non-hydrogen) atoms. The summed E-state index contributed by atoms with van der Waals surface area (Å²) in [6.07, 6.45) is -1.03. The van der Waals surface area contributed by atoms with Gasteiger partial charge in [0.15, 0.2) is 6.10 Å². The normalized spacial score (nSPS) is 11.3. The van der Waals surface area contributed by atoms with Crippen molar-refractivity contribution in [3.63, 3.8) is 0 Å². The first-order valence-electron chi connectivity index (χ1n) is 9.92. The third-order valence-electron chi connectivity index (χ3n) is 4.56. The van der Waals surface area contributed by atoms with Gasteiger partial charge in [-0.25, -0.2) is 9.18 Å². The third-order valence-corrected chi connectivity index (χ3v) is 4.56. The van der Waals surface area contributed by atoms with Gasteiger partial charge in [0.05, 0.1) is 0 Å². The molecule has 0 spiro atoms. The average molecular weight is 435 g/mol. The lowest BCUT2D eigenvalue weighted by Gasteiger charge is -2.15. The molecule has 3 rings (SSSR count). The lowest BCUT2D eigenvalue weighted by Crippen LogP contribution is -2.24. The molecule has 1 amide bonds. The van der Waals surface area contributed by atoms with Gasteiger partial charge < -0.3 is 14.8 Å². The summed E-state index contributed by atoms with van der Waals surface area (Å²) in [5.74, 6) is -1.35. The van der Waals surface area contributed by atoms with Crippen LogP contribution in [0, 0.1) is 5.82 Å². The standard InChI is InChI=1S/C25H22FNO5/c1-16(24(29)19-9-13-21(14-10-19)27-17(2)28)32-25(30)22-5-3-4-6-23(22)31-15-18-7-11-20(26)12-8-18/h3-14,16H,15H2,1-2H3,(H,27,28). The molecule has 0 fully saturated rings. The van der Waals surface area contributed by atoms with E-state index in [9.17, 15) is 18.8 Å². The fourth-order valence-corrected chi connectivity index (χ4v) is 2.94. The molecule has 0 aliphatic carbocycles. The topological polar surface area (TPSA) is 81.7 Å². The van der Waals surface area contributed by atoms with Gasteiger partial charge in [0, 0.05) is 18.2 Å². The number of carbonyl (C=O) groups is 3. The van der Waals surface area contributed by atoms with Crippen LogP contribution in [0.2, 0.25) is 0 Å². The minimum atomic E-state index is -1.03. The van der Waals surface area contributed by atoms with Gasteiger partial charge in [0.25, 0.3) is 0 Å². The SMILES string of the molecule is CC(=O)Nc1ccc(C(=O)C(C)OC(=O)c2ccccc2OCc2ccc(F)cc2)cc1. The predicted octanol–water partition coefficient (Wildman–Crippen LogP) is 4.79. The molecule has 1 unspecified atom stereocenters. The molecule has 6 nitrogen and oxygen atoms in total. The van der Waals surface area contributed by atoms with Crippen molar-refractivity contribution in [3.8, 4) is 5.75 Å². The number of benzene rings is 3. The minimum Gasteiger partial charge on any atom is -0.488 e. The van der Waals surface area contributed by atoms with Crippen LogP contribution in [0.4, 0.5) is 10.1 Å². The number of nitrogens with one attached hydrogen (secondary N) is 1. The number of anilines is 1. The highest BCUT2D eigenvalue weighted by atomic mass is 19.1. The summed E-state index contributed by atoms with van der Waals surface area (Å²) >= 11 is 0. The number of halogens is 1. The quantitative estimate of drug-likeness (QED) is 0.406. The average Bonchev–Trinajstić information content (AvgIpc) is 2.78. The largest absolute Gasteiger partial charge is 0.488 e. The van der Waals surface area contributed by atoms with E-state index >= 15 is 0 Å². The summed E-state index contributed by atoms with van der Waals surface area (Å²) in [5.41, 5.74) is 1.82. The van der Waals surface area contributed by atoms with E-state index in [0.29, 0.717) is 17.0 Å². The van der Waals surface area contributed by atoms with E-state index in [4.69, 9.17) is 9.47 Å². The maximum absolute atomic E-state index is 13.1. The second-order valence-corrected chi connectivity index (χ2v) is 7.08. The highest BCUT2D eigenvalue weighted by Gasteiger charge is 2.22. The van der Waals surface area contributed by atoms with Crippen molar-refractivity contribution in [2.75, 3.05) is 5.32 Å². The number of ketones is 1. The number of para-hydroxylation sites is 1. The number of hydrogen-bond donors (Lipinski definition) is 1. The van der Waals surface area contributed by atoms with Crippen LogP contribution in [0.15, 0.2) is 72.8 Å². The summed E-state index contributed by atoms with van der Waals surface area (Å²) in [7, 11) is 0. The Kier molecular flexibility index (Phi) is 7.33. The fourth-order valence-electron chi connectivity index (χ4n) is 2.94. The molecule has 1 atom stereocenters. The number of carbonyl (C=O) groups excluding carboxylic acids is 3. The van der Waals surface area contributed by atoms with Crippen LogP contribution < -0.4 is 10.1 Å². The predicted molar refractivity (Wildman–Crippen MR) is 117 cm³/mol. The number of ether oxygens (including phenoxy) is 2. The lowest BCUT2D eigenvalue weighted by atomic mass is 10.1. The fraction of sp³-hybridized carbons (Fsp3) is 0.160. The summed E-state index contributed by atoms with van der Waals surface area (Å²) < 4.78 is 24.1. The zero-order chi connectivity index (χ0) is 23.1. The van der Waals surface area contributed by atoms with Crippen LogP contribution in [0.3, 0.4) is 0 Å².